The molecule has 0 aliphatic carbocycles. The molecule has 0 saturated carbocycles. The summed E-state index contributed by atoms with van der Waals surface area (Å²) in [4.78, 5) is 17.8. The smallest absolute Gasteiger partial charge is 0.340 e. The predicted molar refractivity (Wildman–Crippen MR) is 81.3 cm³/mol. The Hall–Kier alpha value is -1.88. The van der Waals surface area contributed by atoms with Gasteiger partial charge in [0, 0.05) is 42.0 Å². The molecule has 3 atom stereocenters. The second kappa shape index (κ2) is 5.09. The van der Waals surface area contributed by atoms with Gasteiger partial charge in [-0.1, -0.05) is 0 Å². The van der Waals surface area contributed by atoms with Crippen molar-refractivity contribution in [3.63, 3.8) is 0 Å². The molecule has 0 amide bonds. The van der Waals surface area contributed by atoms with Gasteiger partial charge in [0.15, 0.2) is 0 Å². The summed E-state index contributed by atoms with van der Waals surface area (Å²) in [6, 6.07) is 5.45. The van der Waals surface area contributed by atoms with Crippen molar-refractivity contribution in [1.82, 2.24) is 9.88 Å². The topological polar surface area (TPSA) is 45.3 Å². The van der Waals surface area contributed by atoms with Crippen LogP contribution in [0, 0.1) is 5.82 Å². The lowest BCUT2D eigenvalue weighted by Crippen LogP contribution is -2.43. The number of carbonyl (C=O) groups is 1. The monoisotopic (exact) mass is 302 g/mol. The van der Waals surface area contributed by atoms with Crippen LogP contribution in [0.3, 0.4) is 0 Å². The number of benzene rings is 1. The second-order valence-corrected chi connectivity index (χ2v) is 6.44. The molecule has 2 aliphatic heterocycles. The number of aromatic amines is 1. The first kappa shape index (κ1) is 13.8. The molecular formula is C17H19FN2O2. The number of H-pyrrole nitrogens is 1. The summed E-state index contributed by atoms with van der Waals surface area (Å²) >= 11 is 0. The third kappa shape index (κ3) is 2.20. The van der Waals surface area contributed by atoms with Crippen molar-refractivity contribution < 1.29 is 13.9 Å². The molecule has 1 aromatic heterocycles. The number of esters is 1. The Labute approximate surface area is 128 Å². The van der Waals surface area contributed by atoms with Crippen molar-refractivity contribution in [1.29, 1.82) is 0 Å². The van der Waals surface area contributed by atoms with Crippen LogP contribution in [0.2, 0.25) is 0 Å². The number of hydrogen-bond acceptors (Lipinski definition) is 3. The third-order valence-corrected chi connectivity index (χ3v) is 5.19. The molecule has 0 spiro atoms. The van der Waals surface area contributed by atoms with E-state index in [0.717, 1.165) is 12.8 Å². The van der Waals surface area contributed by atoms with Crippen LogP contribution in [0.25, 0.3) is 10.9 Å². The van der Waals surface area contributed by atoms with Crippen molar-refractivity contribution in [3.05, 3.63) is 35.8 Å². The molecule has 116 valence electrons. The first-order chi connectivity index (χ1) is 10.6. The van der Waals surface area contributed by atoms with Gasteiger partial charge in [-0.25, -0.2) is 9.18 Å². The van der Waals surface area contributed by atoms with Crippen molar-refractivity contribution in [2.75, 3.05) is 7.05 Å². The first-order valence-corrected chi connectivity index (χ1v) is 7.81. The SMILES string of the molecule is CN1C2CC[C@H]1C[C@@H](OC(=O)c1c[nH]c3cc(F)ccc13)C2. The van der Waals surface area contributed by atoms with Crippen LogP contribution in [-0.4, -0.2) is 41.1 Å². The number of aromatic nitrogens is 1. The highest BCUT2D eigenvalue weighted by Crippen LogP contribution is 2.36. The van der Waals surface area contributed by atoms with E-state index in [9.17, 15) is 9.18 Å². The number of carbonyl (C=O) groups excluding carboxylic acids is 1. The van der Waals surface area contributed by atoms with E-state index in [-0.39, 0.29) is 17.9 Å². The van der Waals surface area contributed by atoms with Gasteiger partial charge >= 0.3 is 5.97 Å². The number of nitrogens with one attached hydrogen (secondary N) is 1. The molecule has 2 bridgehead atoms. The summed E-state index contributed by atoms with van der Waals surface area (Å²) in [5.74, 6) is -0.632. The Morgan fingerprint density at radius 3 is 2.77 bits per heavy atom. The van der Waals surface area contributed by atoms with E-state index < -0.39 is 0 Å². The van der Waals surface area contributed by atoms with E-state index in [4.69, 9.17) is 4.74 Å². The van der Waals surface area contributed by atoms with Gasteiger partial charge in [-0.15, -0.1) is 0 Å². The number of nitrogens with zero attached hydrogens (tertiary/aromatic N) is 1. The maximum Gasteiger partial charge on any atom is 0.340 e. The molecule has 2 aliphatic rings. The Morgan fingerprint density at radius 1 is 1.32 bits per heavy atom. The summed E-state index contributed by atoms with van der Waals surface area (Å²) in [5.41, 5.74) is 1.11. The number of fused-ring (bicyclic) bond motifs is 3. The molecular weight excluding hydrogens is 283 g/mol. The quantitative estimate of drug-likeness (QED) is 0.867. The van der Waals surface area contributed by atoms with Crippen molar-refractivity contribution >= 4 is 16.9 Å². The number of rotatable bonds is 2. The van der Waals surface area contributed by atoms with Crippen LogP contribution < -0.4 is 0 Å². The number of piperidine rings is 1. The van der Waals surface area contributed by atoms with Gasteiger partial charge in [0.05, 0.1) is 5.56 Å². The molecule has 1 N–H and O–H groups in total. The summed E-state index contributed by atoms with van der Waals surface area (Å²) in [6.07, 6.45) is 5.82. The van der Waals surface area contributed by atoms with E-state index in [1.54, 1.807) is 12.3 Å². The highest BCUT2D eigenvalue weighted by molar-refractivity contribution is 6.04. The molecule has 4 rings (SSSR count). The minimum atomic E-state index is -0.318. The maximum absolute atomic E-state index is 13.2. The zero-order chi connectivity index (χ0) is 15.3. The van der Waals surface area contributed by atoms with Crippen LogP contribution in [0.15, 0.2) is 24.4 Å². The first-order valence-electron chi connectivity index (χ1n) is 7.81. The van der Waals surface area contributed by atoms with Gasteiger partial charge in [-0.05, 0) is 38.1 Å². The van der Waals surface area contributed by atoms with E-state index >= 15 is 0 Å². The fourth-order valence-corrected chi connectivity index (χ4v) is 3.94. The Kier molecular flexibility index (Phi) is 3.18. The number of ether oxygens (including phenoxy) is 1. The minimum absolute atomic E-state index is 0.00778. The molecule has 4 nitrogen and oxygen atoms in total. The van der Waals surface area contributed by atoms with E-state index in [2.05, 4.69) is 16.9 Å². The van der Waals surface area contributed by atoms with Gasteiger partial charge in [-0.3, -0.25) is 0 Å². The van der Waals surface area contributed by atoms with Gasteiger partial charge in [0.25, 0.3) is 0 Å². The molecule has 3 heterocycles. The zero-order valence-corrected chi connectivity index (χ0v) is 12.5. The zero-order valence-electron chi connectivity index (χ0n) is 12.5. The Bertz CT molecular complexity index is 713. The Balaban J connectivity index is 1.52. The molecule has 22 heavy (non-hydrogen) atoms. The van der Waals surface area contributed by atoms with E-state index in [0.29, 0.717) is 28.6 Å². The van der Waals surface area contributed by atoms with Crippen LogP contribution in [0.5, 0.6) is 0 Å². The van der Waals surface area contributed by atoms with Gasteiger partial charge in [0.2, 0.25) is 0 Å². The second-order valence-electron chi connectivity index (χ2n) is 6.44. The summed E-state index contributed by atoms with van der Waals surface area (Å²) in [6.45, 7) is 0. The summed E-state index contributed by atoms with van der Waals surface area (Å²) in [7, 11) is 2.16. The summed E-state index contributed by atoms with van der Waals surface area (Å²) < 4.78 is 18.9. The molecule has 2 saturated heterocycles. The molecule has 1 unspecified atom stereocenters. The number of hydrogen-bond donors (Lipinski definition) is 1. The third-order valence-electron chi connectivity index (χ3n) is 5.19. The minimum Gasteiger partial charge on any atom is -0.459 e. The fraction of sp³-hybridized carbons (Fsp3) is 0.471. The molecule has 2 fully saturated rings. The van der Waals surface area contributed by atoms with Gasteiger partial charge < -0.3 is 14.6 Å². The van der Waals surface area contributed by atoms with Crippen molar-refractivity contribution in [3.8, 4) is 0 Å². The van der Waals surface area contributed by atoms with E-state index in [1.165, 1.54) is 25.0 Å². The fourth-order valence-electron chi connectivity index (χ4n) is 3.94. The highest BCUT2D eigenvalue weighted by atomic mass is 19.1. The Morgan fingerprint density at radius 2 is 2.05 bits per heavy atom. The predicted octanol–water partition coefficient (Wildman–Crippen LogP) is 3.09. The van der Waals surface area contributed by atoms with Crippen molar-refractivity contribution in [2.24, 2.45) is 0 Å². The van der Waals surface area contributed by atoms with Crippen molar-refractivity contribution in [2.45, 2.75) is 43.9 Å². The lowest BCUT2D eigenvalue weighted by Gasteiger charge is -2.35. The van der Waals surface area contributed by atoms with Gasteiger partial charge in [-0.2, -0.15) is 0 Å². The van der Waals surface area contributed by atoms with Gasteiger partial charge in [0.1, 0.15) is 11.9 Å². The average Bonchev–Trinajstić information content (AvgIpc) is 2.97. The number of halogens is 1. The van der Waals surface area contributed by atoms with E-state index in [1.807, 2.05) is 0 Å². The van der Waals surface area contributed by atoms with Crippen LogP contribution in [0.1, 0.15) is 36.0 Å². The molecule has 1 aromatic carbocycles. The maximum atomic E-state index is 13.2. The standard InChI is InChI=1S/C17H19FN2O2/c1-20-11-3-4-12(20)8-13(7-11)22-17(21)15-9-19-16-6-10(18)2-5-14(15)16/h2,5-6,9,11-13,19H,3-4,7-8H2,1H3/t11-,12?,13+/m0/s1. The van der Waals surface area contributed by atoms with Crippen LogP contribution >= 0.6 is 0 Å². The lowest BCUT2D eigenvalue weighted by atomic mass is 10.0. The molecule has 2 aromatic rings. The lowest BCUT2D eigenvalue weighted by molar-refractivity contribution is -0.000259. The van der Waals surface area contributed by atoms with Crippen LogP contribution in [0.4, 0.5) is 4.39 Å². The molecule has 0 radical (unpaired) electrons. The van der Waals surface area contributed by atoms with Crippen LogP contribution in [-0.2, 0) is 4.74 Å². The normalized spacial score (nSPS) is 28.2. The summed E-state index contributed by atoms with van der Waals surface area (Å²) in [5, 5.41) is 0.710. The average molecular weight is 302 g/mol. The molecule has 5 heteroatoms. The highest BCUT2D eigenvalue weighted by Gasteiger charge is 2.40. The largest absolute Gasteiger partial charge is 0.459 e.